The van der Waals surface area contributed by atoms with Gasteiger partial charge in [-0.3, -0.25) is 0 Å². The van der Waals surface area contributed by atoms with Crippen molar-refractivity contribution in [1.29, 1.82) is 0 Å². The Labute approximate surface area is 200 Å². The summed E-state index contributed by atoms with van der Waals surface area (Å²) in [6, 6.07) is 0.879. The minimum absolute atomic E-state index is 0.445. The Morgan fingerprint density at radius 1 is 0.719 bits per heavy atom. The Hall–Kier alpha value is 1.30. The van der Waals surface area contributed by atoms with Crippen LogP contribution in [0.2, 0.25) is 70.6 Å². The molecular weight excluding hydrogens is 557 g/mol. The second kappa shape index (κ2) is 8.42. The molecule has 4 bridgehead atoms. The lowest BCUT2D eigenvalue weighted by Gasteiger charge is -2.55. The Morgan fingerprint density at radius 2 is 1.16 bits per heavy atom. The highest BCUT2D eigenvalue weighted by atomic mass is 28.6. The highest BCUT2D eigenvalue weighted by Gasteiger charge is 2.70. The molecule has 0 aliphatic carbocycles. The summed E-state index contributed by atoms with van der Waals surface area (Å²) in [7, 11) is -24.0. The minimum Gasteiger partial charge on any atom is -0.417 e. The van der Waals surface area contributed by atoms with Crippen LogP contribution in [-0.2, 0) is 41.5 Å². The molecule has 3 fully saturated rings. The smallest absolute Gasteiger partial charge is 0.417 e. The summed E-state index contributed by atoms with van der Waals surface area (Å²) in [6.45, 7) is 18.8. The molecule has 4 unspecified atom stereocenters. The van der Waals surface area contributed by atoms with E-state index in [1.54, 1.807) is 19.6 Å². The van der Waals surface area contributed by atoms with Gasteiger partial charge in [-0.1, -0.05) is 6.92 Å². The third-order valence-corrected chi connectivity index (χ3v) is 41.5. The maximum atomic E-state index is 11.2. The highest BCUT2D eigenvalue weighted by molar-refractivity contribution is 7.02. The molecule has 1 N–H and O–H groups in total. The fraction of sp³-hybridized carbons (Fsp3) is 1.00. The molecule has 0 radical (unpaired) electrons. The number of rotatable bonds is 4. The Bertz CT molecular complexity index is 751. The monoisotopic (exact) mass is 594 g/mol. The van der Waals surface area contributed by atoms with Gasteiger partial charge in [0.05, 0.1) is 0 Å². The minimum atomic E-state index is -3.79. The second-order valence-corrected chi connectivity index (χ2v) is 36.7. The average molecular weight is 595 g/mol. The fourth-order valence-electron chi connectivity index (χ4n) is 4.59. The molecule has 7 atom stereocenters. The van der Waals surface area contributed by atoms with Crippen LogP contribution >= 0.6 is 0 Å². The quantitative estimate of drug-likeness (QED) is 0.485. The number of fused-ring (bicyclic) bond motifs is 3. The van der Waals surface area contributed by atoms with E-state index in [4.69, 9.17) is 41.5 Å². The van der Waals surface area contributed by atoms with Crippen LogP contribution in [0, 0.1) is 0 Å². The van der Waals surface area contributed by atoms with Crippen LogP contribution < -0.4 is 0 Å². The van der Waals surface area contributed by atoms with E-state index in [9.17, 15) is 4.80 Å². The van der Waals surface area contributed by atoms with Crippen LogP contribution in [0.4, 0.5) is 0 Å². The van der Waals surface area contributed by atoms with Crippen molar-refractivity contribution in [3.63, 3.8) is 0 Å². The molecule has 19 heteroatoms. The molecule has 3 aliphatic heterocycles. The van der Waals surface area contributed by atoms with Crippen LogP contribution in [0.3, 0.4) is 0 Å². The van der Waals surface area contributed by atoms with Crippen molar-refractivity contribution in [1.82, 2.24) is 0 Å². The van der Waals surface area contributed by atoms with Gasteiger partial charge in [0, 0.05) is 45.5 Å². The van der Waals surface area contributed by atoms with Gasteiger partial charge in [0.15, 0.2) is 8.32 Å². The Balaban J connectivity index is 2.18. The molecule has 188 valence electrons. The summed E-state index contributed by atoms with van der Waals surface area (Å²) >= 11 is 0. The Kier molecular flexibility index (Phi) is 7.33. The third-order valence-electron chi connectivity index (χ3n) is 5.42. The van der Waals surface area contributed by atoms with E-state index >= 15 is 0 Å². The van der Waals surface area contributed by atoms with Gasteiger partial charge >= 0.3 is 61.1 Å². The molecule has 0 aromatic carbocycles. The topological polar surface area (TPSA) is 113 Å². The van der Waals surface area contributed by atoms with E-state index in [1.165, 1.54) is 13.7 Å². The first kappa shape index (κ1) is 27.9. The Morgan fingerprint density at radius 3 is 1.62 bits per heavy atom. The van der Waals surface area contributed by atoms with E-state index in [-0.39, 0.29) is 0 Å². The predicted molar refractivity (Wildman–Crippen MR) is 133 cm³/mol. The first-order chi connectivity index (χ1) is 14.2. The van der Waals surface area contributed by atoms with E-state index < -0.39 is 69.5 Å². The van der Waals surface area contributed by atoms with Crippen molar-refractivity contribution in [3.05, 3.63) is 0 Å². The van der Waals surface area contributed by atoms with Crippen LogP contribution in [0.5, 0.6) is 0 Å². The van der Waals surface area contributed by atoms with E-state index in [2.05, 4.69) is 20.0 Å². The van der Waals surface area contributed by atoms with Crippen molar-refractivity contribution < 1.29 is 46.3 Å². The lowest BCUT2D eigenvalue weighted by atomic mass is 11.0. The van der Waals surface area contributed by atoms with Gasteiger partial charge in [-0.2, -0.15) is 0 Å². The zero-order valence-corrected chi connectivity index (χ0v) is 28.9. The van der Waals surface area contributed by atoms with Gasteiger partial charge in [-0.15, -0.1) is 0 Å². The largest absolute Gasteiger partial charge is 0.481 e. The molecule has 0 aromatic rings. The van der Waals surface area contributed by atoms with Gasteiger partial charge < -0.3 is 46.3 Å². The van der Waals surface area contributed by atoms with Gasteiger partial charge in [-0.05, 0) is 32.2 Å². The molecule has 0 aromatic heterocycles. The molecule has 32 heavy (non-hydrogen) atoms. The van der Waals surface area contributed by atoms with Gasteiger partial charge in [0.1, 0.15) is 0 Å². The van der Waals surface area contributed by atoms with E-state index in [0.717, 1.165) is 6.04 Å². The van der Waals surface area contributed by atoms with E-state index in [1.807, 2.05) is 19.6 Å². The molecular formula is C13H38O11Si8. The van der Waals surface area contributed by atoms with Gasteiger partial charge in [0.2, 0.25) is 0 Å². The highest BCUT2D eigenvalue weighted by Crippen LogP contribution is 2.44. The lowest BCUT2D eigenvalue weighted by Crippen LogP contribution is -2.79. The predicted octanol–water partition coefficient (Wildman–Crippen LogP) is 2.57. The molecule has 0 spiro atoms. The summed E-state index contributed by atoms with van der Waals surface area (Å²) in [5, 5.41) is 0. The normalized spacial score (nSPS) is 52.5. The van der Waals surface area contributed by atoms with Crippen LogP contribution in [0.15, 0.2) is 0 Å². The lowest BCUT2D eigenvalue weighted by molar-refractivity contribution is 0.0636. The molecule has 3 saturated heterocycles. The fourth-order valence-corrected chi connectivity index (χ4v) is 48.7. The molecule has 0 amide bonds. The third kappa shape index (κ3) is 6.34. The van der Waals surface area contributed by atoms with Crippen LogP contribution in [0.25, 0.3) is 0 Å². The number of hydrogen-bond acceptors (Lipinski definition) is 11. The summed E-state index contributed by atoms with van der Waals surface area (Å²) in [6.07, 6.45) is 0. The zero-order valence-electron chi connectivity index (χ0n) is 20.9. The number of hydrogen-bond donors (Lipinski definition) is 1. The van der Waals surface area contributed by atoms with Crippen molar-refractivity contribution in [2.24, 2.45) is 0 Å². The SMILES string of the molecule is CC[Si](C)(C)O[Si]1(C)O[Si]2(C)O[Si](C)(O)O[Si]3(C)O[Si@](C)(C[Si@@](C)(O1)O[Si@](C)(OC)O3)O2. The van der Waals surface area contributed by atoms with Crippen molar-refractivity contribution in [2.45, 2.75) is 77.6 Å². The van der Waals surface area contributed by atoms with Crippen LogP contribution in [0.1, 0.15) is 6.92 Å². The standard InChI is InChI=1S/C13H38O11Si8/c1-12-25(3,4)16-30(9)18-26(5)13-27(6)19-31(10,23-29(8,15-2)17-26)21-28(7,14)22-32(11,20-27)24-30/h14H,12-13H2,1-11H3/t26-,27+,28?,29+,30?,31?,32?/m1/s1. The molecule has 3 heterocycles. The molecule has 3 aliphatic rings. The molecule has 0 saturated carbocycles. The second-order valence-electron chi connectivity index (χ2n) is 10.0. The zero-order chi connectivity index (χ0) is 24.5. The average Bonchev–Trinajstić information content (AvgIpc) is 2.46. The summed E-state index contributed by atoms with van der Waals surface area (Å²) in [4.78, 5) is 11.2. The van der Waals surface area contributed by atoms with Gasteiger partial charge in [-0.25, -0.2) is 0 Å². The maximum absolute atomic E-state index is 11.2. The molecule has 11 nitrogen and oxygen atoms in total. The molecule has 3 rings (SSSR count). The van der Waals surface area contributed by atoms with Gasteiger partial charge in [0.25, 0.3) is 0 Å². The van der Waals surface area contributed by atoms with Crippen molar-refractivity contribution in [2.75, 3.05) is 7.11 Å². The van der Waals surface area contributed by atoms with E-state index in [0.29, 0.717) is 5.67 Å². The summed E-state index contributed by atoms with van der Waals surface area (Å²) in [5.74, 6) is 0. The van der Waals surface area contributed by atoms with Crippen molar-refractivity contribution >= 4 is 69.5 Å². The van der Waals surface area contributed by atoms with Crippen LogP contribution in [-0.4, -0.2) is 81.4 Å². The first-order valence-corrected chi connectivity index (χ1v) is 30.1. The first-order valence-electron chi connectivity index (χ1n) is 10.8. The van der Waals surface area contributed by atoms with Crippen molar-refractivity contribution in [3.8, 4) is 0 Å². The maximum Gasteiger partial charge on any atom is 0.481 e. The summed E-state index contributed by atoms with van der Waals surface area (Å²) < 4.78 is 64.2. The summed E-state index contributed by atoms with van der Waals surface area (Å²) in [5.41, 5.74) is 0.445.